The Hall–Kier alpha value is -1.34. The first kappa shape index (κ1) is 26.3. The number of aliphatic carboxylic acids is 1. The van der Waals surface area contributed by atoms with E-state index in [9.17, 15) is 19.8 Å². The molecule has 36 heavy (non-hydrogen) atoms. The van der Waals surface area contributed by atoms with Gasteiger partial charge in [0, 0.05) is 13.0 Å². The van der Waals surface area contributed by atoms with Crippen LogP contribution in [0.2, 0.25) is 0 Å². The highest BCUT2D eigenvalue weighted by molar-refractivity contribution is 5.71. The number of likely N-dealkylation sites (tertiary alicyclic amines) is 1. The van der Waals surface area contributed by atoms with Crippen molar-refractivity contribution >= 4 is 12.1 Å². The number of rotatable bonds is 6. The molecule has 0 bridgehead atoms. The maximum absolute atomic E-state index is 12.0. The van der Waals surface area contributed by atoms with Crippen LogP contribution in [0.15, 0.2) is 0 Å². The number of β-amino-alcohol motifs (C(OH)–C–C–N with tert-alkyl or cyclic N) is 1. The molecule has 1 heterocycles. The lowest BCUT2D eigenvalue weighted by Gasteiger charge is -2.62. The lowest BCUT2D eigenvalue weighted by molar-refractivity contribution is -0.165. The van der Waals surface area contributed by atoms with E-state index < -0.39 is 23.8 Å². The molecule has 1 amide bonds. The van der Waals surface area contributed by atoms with Gasteiger partial charge in [-0.1, -0.05) is 20.3 Å². The smallest absolute Gasteiger partial charge is 0.405 e. The zero-order valence-corrected chi connectivity index (χ0v) is 22.4. The minimum Gasteiger partial charge on any atom is -0.481 e. The number of aliphatic hydroxyl groups is 1. The van der Waals surface area contributed by atoms with Crippen LogP contribution in [-0.2, 0) is 9.53 Å². The van der Waals surface area contributed by atoms with Crippen molar-refractivity contribution in [3.63, 3.8) is 0 Å². The van der Waals surface area contributed by atoms with E-state index in [4.69, 9.17) is 10.5 Å². The molecule has 5 rings (SSSR count). The minimum absolute atomic E-state index is 0.0672. The average Bonchev–Trinajstić information content (AvgIpc) is 3.17. The lowest BCUT2D eigenvalue weighted by Crippen LogP contribution is -2.57. The number of hydrogen-bond acceptors (Lipinski definition) is 5. The van der Waals surface area contributed by atoms with Crippen molar-refractivity contribution in [2.24, 2.45) is 46.2 Å². The molecule has 0 aromatic heterocycles. The molecule has 1 saturated heterocycles. The van der Waals surface area contributed by atoms with E-state index in [0.717, 1.165) is 70.9 Å². The highest BCUT2D eigenvalue weighted by Crippen LogP contribution is 2.68. The number of carbonyl (C=O) groups is 2. The Kier molecular flexibility index (Phi) is 7.12. The van der Waals surface area contributed by atoms with Gasteiger partial charge in [0.25, 0.3) is 0 Å². The van der Waals surface area contributed by atoms with Gasteiger partial charge < -0.3 is 25.6 Å². The van der Waals surface area contributed by atoms with Gasteiger partial charge in [0.15, 0.2) is 0 Å². The van der Waals surface area contributed by atoms with Crippen molar-refractivity contribution < 1.29 is 24.5 Å². The first-order valence-electron chi connectivity index (χ1n) is 14.7. The summed E-state index contributed by atoms with van der Waals surface area (Å²) in [6, 6.07) is 0. The molecule has 7 heteroatoms. The quantitative estimate of drug-likeness (QED) is 0.479. The van der Waals surface area contributed by atoms with Crippen LogP contribution >= 0.6 is 0 Å². The molecule has 7 nitrogen and oxygen atoms in total. The molecular formula is C29H48N2O5. The normalized spacial score (nSPS) is 45.7. The monoisotopic (exact) mass is 504 g/mol. The summed E-state index contributed by atoms with van der Waals surface area (Å²) in [6.45, 7) is 7.42. The molecular weight excluding hydrogens is 456 g/mol. The van der Waals surface area contributed by atoms with Crippen molar-refractivity contribution in [1.82, 2.24) is 4.90 Å². The zero-order chi connectivity index (χ0) is 25.7. The SMILES string of the molecule is C[C@]12CCC(CC(O)CN3CCCCC3)(OC(N)=O)CC1CC[C@@H]1[C@@H]2CC[C@]2(C)C(C(=O)O)CC[C@@H]12. The van der Waals surface area contributed by atoms with E-state index in [1.807, 2.05) is 0 Å². The summed E-state index contributed by atoms with van der Waals surface area (Å²) >= 11 is 0. The van der Waals surface area contributed by atoms with Crippen molar-refractivity contribution in [2.45, 2.75) is 109 Å². The number of hydrogen-bond donors (Lipinski definition) is 3. The van der Waals surface area contributed by atoms with Crippen LogP contribution in [0.4, 0.5) is 4.79 Å². The second-order valence-corrected chi connectivity index (χ2v) is 13.7. The van der Waals surface area contributed by atoms with Crippen LogP contribution < -0.4 is 5.73 Å². The summed E-state index contributed by atoms with van der Waals surface area (Å²) in [6.07, 6.45) is 11.6. The molecule has 0 aromatic rings. The van der Waals surface area contributed by atoms with E-state index in [1.165, 1.54) is 19.3 Å². The van der Waals surface area contributed by atoms with E-state index in [2.05, 4.69) is 18.7 Å². The van der Waals surface area contributed by atoms with Gasteiger partial charge in [-0.15, -0.1) is 0 Å². The number of amides is 1. The number of aliphatic hydroxyl groups excluding tert-OH is 1. The Morgan fingerprint density at radius 2 is 1.69 bits per heavy atom. The Labute approximate surface area is 216 Å². The fourth-order valence-electron chi connectivity index (χ4n) is 10.2. The van der Waals surface area contributed by atoms with Crippen LogP contribution in [0.3, 0.4) is 0 Å². The van der Waals surface area contributed by atoms with Crippen LogP contribution in [-0.4, -0.2) is 58.5 Å². The number of ether oxygens (including phenoxy) is 1. The van der Waals surface area contributed by atoms with Crippen LogP contribution in [0.5, 0.6) is 0 Å². The van der Waals surface area contributed by atoms with E-state index in [-0.39, 0.29) is 16.7 Å². The number of carboxylic acids is 1. The Bertz CT molecular complexity index is 846. The third kappa shape index (κ3) is 4.57. The third-order valence-corrected chi connectivity index (χ3v) is 11.9. The first-order chi connectivity index (χ1) is 17.1. The lowest BCUT2D eigenvalue weighted by atomic mass is 9.43. The summed E-state index contributed by atoms with van der Waals surface area (Å²) < 4.78 is 5.89. The largest absolute Gasteiger partial charge is 0.481 e. The van der Waals surface area contributed by atoms with Gasteiger partial charge in [0.2, 0.25) is 0 Å². The van der Waals surface area contributed by atoms with Crippen LogP contribution in [0.25, 0.3) is 0 Å². The summed E-state index contributed by atoms with van der Waals surface area (Å²) in [5.74, 6) is 1.35. The Balaban J connectivity index is 1.30. The van der Waals surface area contributed by atoms with E-state index in [0.29, 0.717) is 36.6 Å². The summed E-state index contributed by atoms with van der Waals surface area (Å²) in [7, 11) is 0. The predicted octanol–water partition coefficient (Wildman–Crippen LogP) is 4.80. The van der Waals surface area contributed by atoms with Crippen molar-refractivity contribution in [1.29, 1.82) is 0 Å². The highest BCUT2D eigenvalue weighted by atomic mass is 16.6. The summed E-state index contributed by atoms with van der Waals surface area (Å²) in [5.41, 5.74) is 5.01. The van der Waals surface area contributed by atoms with Crippen LogP contribution in [0.1, 0.15) is 97.3 Å². The second-order valence-electron chi connectivity index (χ2n) is 13.7. The Morgan fingerprint density at radius 1 is 0.972 bits per heavy atom. The number of fused-ring (bicyclic) bond motifs is 5. The molecule has 0 aromatic carbocycles. The molecule has 9 atom stereocenters. The highest BCUT2D eigenvalue weighted by Gasteiger charge is 2.62. The van der Waals surface area contributed by atoms with Gasteiger partial charge in [0.1, 0.15) is 5.60 Å². The molecule has 5 aliphatic rings. The second kappa shape index (κ2) is 9.76. The predicted molar refractivity (Wildman–Crippen MR) is 137 cm³/mol. The molecule has 5 fully saturated rings. The molecule has 4 saturated carbocycles. The fourth-order valence-corrected chi connectivity index (χ4v) is 10.2. The van der Waals surface area contributed by atoms with E-state index >= 15 is 0 Å². The number of primary amides is 1. The summed E-state index contributed by atoms with van der Waals surface area (Å²) in [5, 5.41) is 20.9. The fraction of sp³-hybridized carbons (Fsp3) is 0.931. The summed E-state index contributed by atoms with van der Waals surface area (Å²) in [4.78, 5) is 26.4. The van der Waals surface area contributed by atoms with Crippen molar-refractivity contribution in [2.75, 3.05) is 19.6 Å². The molecule has 4 aliphatic carbocycles. The number of carboxylic acid groups (broad SMARTS) is 1. The van der Waals surface area contributed by atoms with Gasteiger partial charge in [-0.25, -0.2) is 4.79 Å². The zero-order valence-electron chi connectivity index (χ0n) is 22.4. The molecule has 204 valence electrons. The standard InChI is InChI=1S/C29H48N2O5/c1-27-12-13-29(36-26(30)35,17-20(32)18-31-14-4-3-5-15-31)16-19(27)6-7-21-22-8-9-24(25(33)34)28(22,2)11-10-23(21)27/h19-24,32H,3-18H2,1-2H3,(H2,30,35)(H,33,34)/t19?,20?,21-,22-,23-,24?,27-,28-,29?/m0/s1. The minimum atomic E-state index is -0.725. The topological polar surface area (TPSA) is 113 Å². The third-order valence-electron chi connectivity index (χ3n) is 11.9. The molecule has 1 aliphatic heterocycles. The first-order valence-corrected chi connectivity index (χ1v) is 14.7. The molecule has 0 spiro atoms. The Morgan fingerprint density at radius 3 is 2.39 bits per heavy atom. The van der Waals surface area contributed by atoms with Crippen molar-refractivity contribution in [3.05, 3.63) is 0 Å². The van der Waals surface area contributed by atoms with E-state index in [1.54, 1.807) is 0 Å². The number of nitrogens with two attached hydrogens (primary N) is 1. The van der Waals surface area contributed by atoms with Gasteiger partial charge in [-0.05, 0) is 118 Å². The van der Waals surface area contributed by atoms with Gasteiger partial charge in [-0.3, -0.25) is 4.79 Å². The average molecular weight is 505 g/mol. The molecule has 4 unspecified atom stereocenters. The number of nitrogens with zero attached hydrogens (tertiary/aromatic N) is 1. The van der Waals surface area contributed by atoms with Gasteiger partial charge in [0.05, 0.1) is 12.0 Å². The maximum atomic E-state index is 12.0. The van der Waals surface area contributed by atoms with Crippen molar-refractivity contribution in [3.8, 4) is 0 Å². The number of piperidine rings is 1. The molecule has 4 N–H and O–H groups in total. The molecule has 0 radical (unpaired) electrons. The van der Waals surface area contributed by atoms with Gasteiger partial charge in [-0.2, -0.15) is 0 Å². The van der Waals surface area contributed by atoms with Crippen LogP contribution in [0, 0.1) is 40.4 Å². The van der Waals surface area contributed by atoms with Gasteiger partial charge >= 0.3 is 12.1 Å². The maximum Gasteiger partial charge on any atom is 0.405 e. The number of carbonyl (C=O) groups excluding carboxylic acids is 1.